The second kappa shape index (κ2) is 9.95. The van der Waals surface area contributed by atoms with E-state index in [-0.39, 0.29) is 23.9 Å². The molecule has 2 aromatic rings. The average molecular weight is 470 g/mol. The molecule has 1 amide bonds. The Morgan fingerprint density at radius 2 is 1.87 bits per heavy atom. The molecule has 1 aliphatic rings. The predicted octanol–water partition coefficient (Wildman–Crippen LogP) is 3.13. The molecule has 10 heteroatoms. The monoisotopic (exact) mass is 469 g/mol. The number of methoxy groups -OCH3 is 1. The first-order valence-corrected chi connectivity index (χ1v) is 11.6. The van der Waals surface area contributed by atoms with E-state index in [1.165, 1.54) is 23.5 Å². The molecule has 7 nitrogen and oxygen atoms in total. The second-order valence-corrected chi connectivity index (χ2v) is 9.68. The van der Waals surface area contributed by atoms with Crippen molar-refractivity contribution in [1.82, 2.24) is 9.21 Å². The van der Waals surface area contributed by atoms with E-state index in [0.29, 0.717) is 42.5 Å². The molecular formula is C21H25ClFN3O4S. The van der Waals surface area contributed by atoms with E-state index < -0.39 is 15.8 Å². The van der Waals surface area contributed by atoms with Gasteiger partial charge in [0.2, 0.25) is 15.9 Å². The molecule has 3 rings (SSSR count). The van der Waals surface area contributed by atoms with Crippen molar-refractivity contribution >= 4 is 33.2 Å². The standard InChI is InChI=1S/C21H25ClFN3O4S/c1-15-12-19(20(30-2)13-18(15)22)24-21(27)14-25-8-3-9-26(11-10-25)31(28,29)17-6-4-16(23)5-7-17/h4-7,12-13H,3,8-11,14H2,1-2H3,(H,24,27). The van der Waals surface area contributed by atoms with Crippen molar-refractivity contribution in [2.24, 2.45) is 0 Å². The highest BCUT2D eigenvalue weighted by Gasteiger charge is 2.27. The molecule has 1 N–H and O–H groups in total. The van der Waals surface area contributed by atoms with Crippen LogP contribution in [-0.2, 0) is 14.8 Å². The third kappa shape index (κ3) is 5.74. The Balaban J connectivity index is 1.62. The van der Waals surface area contributed by atoms with E-state index in [9.17, 15) is 17.6 Å². The molecule has 0 radical (unpaired) electrons. The number of rotatable bonds is 6. The normalized spacial score (nSPS) is 16.0. The minimum absolute atomic E-state index is 0.0605. The maximum absolute atomic E-state index is 13.1. The van der Waals surface area contributed by atoms with Crippen LogP contribution in [0.4, 0.5) is 10.1 Å². The van der Waals surface area contributed by atoms with Gasteiger partial charge in [0.1, 0.15) is 11.6 Å². The first kappa shape index (κ1) is 23.5. The highest BCUT2D eigenvalue weighted by atomic mass is 35.5. The summed E-state index contributed by atoms with van der Waals surface area (Å²) in [7, 11) is -2.21. The van der Waals surface area contributed by atoms with E-state index in [0.717, 1.165) is 17.7 Å². The molecule has 1 heterocycles. The van der Waals surface area contributed by atoms with Crippen LogP contribution in [0.5, 0.6) is 5.75 Å². The molecule has 0 spiro atoms. The Bertz CT molecular complexity index is 1050. The molecule has 168 valence electrons. The average Bonchev–Trinajstić information content (AvgIpc) is 2.97. The number of hydrogen-bond acceptors (Lipinski definition) is 5. The number of carbonyl (C=O) groups is 1. The molecular weight excluding hydrogens is 445 g/mol. The lowest BCUT2D eigenvalue weighted by atomic mass is 10.2. The van der Waals surface area contributed by atoms with Crippen LogP contribution in [0.25, 0.3) is 0 Å². The second-order valence-electron chi connectivity index (χ2n) is 7.34. The minimum Gasteiger partial charge on any atom is -0.495 e. The lowest BCUT2D eigenvalue weighted by Crippen LogP contribution is -2.38. The first-order valence-electron chi connectivity index (χ1n) is 9.83. The predicted molar refractivity (Wildman–Crippen MR) is 118 cm³/mol. The summed E-state index contributed by atoms with van der Waals surface area (Å²) in [5.41, 5.74) is 1.35. The SMILES string of the molecule is COc1cc(Cl)c(C)cc1NC(=O)CN1CCCN(S(=O)(=O)c2ccc(F)cc2)CC1. The Hall–Kier alpha value is -2.20. The summed E-state index contributed by atoms with van der Waals surface area (Å²) in [5, 5.41) is 3.38. The highest BCUT2D eigenvalue weighted by Crippen LogP contribution is 2.31. The number of benzene rings is 2. The van der Waals surface area contributed by atoms with Crippen LogP contribution in [0.2, 0.25) is 5.02 Å². The number of ether oxygens (including phenoxy) is 1. The molecule has 0 atom stereocenters. The molecule has 0 bridgehead atoms. The van der Waals surface area contributed by atoms with Crippen LogP contribution in [0.3, 0.4) is 0 Å². The van der Waals surface area contributed by atoms with Crippen molar-refractivity contribution in [3.8, 4) is 5.75 Å². The van der Waals surface area contributed by atoms with Crippen molar-refractivity contribution in [3.63, 3.8) is 0 Å². The number of nitrogens with one attached hydrogen (secondary N) is 1. The van der Waals surface area contributed by atoms with Crippen molar-refractivity contribution in [3.05, 3.63) is 52.8 Å². The van der Waals surface area contributed by atoms with Gasteiger partial charge in [-0.05, 0) is 55.8 Å². The zero-order valence-corrected chi connectivity index (χ0v) is 19.0. The van der Waals surface area contributed by atoms with Crippen LogP contribution in [0.1, 0.15) is 12.0 Å². The summed E-state index contributed by atoms with van der Waals surface area (Å²) in [6.45, 7) is 3.53. The van der Waals surface area contributed by atoms with Gasteiger partial charge in [-0.1, -0.05) is 11.6 Å². The quantitative estimate of drug-likeness (QED) is 0.703. The number of nitrogens with zero attached hydrogens (tertiary/aromatic N) is 2. The van der Waals surface area contributed by atoms with E-state index in [1.807, 2.05) is 11.8 Å². The third-order valence-electron chi connectivity index (χ3n) is 5.12. The van der Waals surface area contributed by atoms with Crippen LogP contribution in [0, 0.1) is 12.7 Å². The molecule has 0 aliphatic carbocycles. The van der Waals surface area contributed by atoms with E-state index in [4.69, 9.17) is 16.3 Å². The third-order valence-corrected chi connectivity index (χ3v) is 7.44. The van der Waals surface area contributed by atoms with E-state index in [1.54, 1.807) is 12.1 Å². The van der Waals surface area contributed by atoms with Gasteiger partial charge in [-0.15, -0.1) is 0 Å². The fourth-order valence-corrected chi connectivity index (χ4v) is 5.05. The molecule has 31 heavy (non-hydrogen) atoms. The topological polar surface area (TPSA) is 79.0 Å². The zero-order chi connectivity index (χ0) is 22.6. The van der Waals surface area contributed by atoms with Crippen molar-refractivity contribution in [2.45, 2.75) is 18.2 Å². The van der Waals surface area contributed by atoms with Gasteiger partial charge in [-0.3, -0.25) is 9.69 Å². The molecule has 0 unspecified atom stereocenters. The molecule has 1 saturated heterocycles. The number of anilines is 1. The fourth-order valence-electron chi connectivity index (χ4n) is 3.42. The largest absolute Gasteiger partial charge is 0.495 e. The van der Waals surface area contributed by atoms with Gasteiger partial charge in [0.05, 0.1) is 24.2 Å². The zero-order valence-electron chi connectivity index (χ0n) is 17.4. The number of halogens is 2. The van der Waals surface area contributed by atoms with Crippen molar-refractivity contribution < 1.29 is 22.3 Å². The van der Waals surface area contributed by atoms with Gasteiger partial charge in [0.15, 0.2) is 0 Å². The Morgan fingerprint density at radius 3 is 2.55 bits per heavy atom. The maximum atomic E-state index is 13.1. The Labute approximate surface area is 186 Å². The molecule has 0 saturated carbocycles. The molecule has 0 aromatic heterocycles. The minimum atomic E-state index is -3.71. The van der Waals surface area contributed by atoms with Gasteiger partial charge in [0, 0.05) is 30.7 Å². The van der Waals surface area contributed by atoms with Gasteiger partial charge in [-0.2, -0.15) is 4.31 Å². The number of aryl methyl sites for hydroxylation is 1. The van der Waals surface area contributed by atoms with Crippen LogP contribution in [0.15, 0.2) is 41.3 Å². The lowest BCUT2D eigenvalue weighted by molar-refractivity contribution is -0.117. The van der Waals surface area contributed by atoms with E-state index in [2.05, 4.69) is 5.32 Å². The number of carbonyl (C=O) groups excluding carboxylic acids is 1. The number of sulfonamides is 1. The van der Waals surface area contributed by atoms with Crippen molar-refractivity contribution in [2.75, 3.05) is 45.2 Å². The summed E-state index contributed by atoms with van der Waals surface area (Å²) >= 11 is 6.10. The summed E-state index contributed by atoms with van der Waals surface area (Å²) < 4.78 is 45.5. The number of amides is 1. The molecule has 2 aromatic carbocycles. The summed E-state index contributed by atoms with van der Waals surface area (Å²) in [4.78, 5) is 14.5. The van der Waals surface area contributed by atoms with Crippen molar-refractivity contribution in [1.29, 1.82) is 0 Å². The number of hydrogen-bond donors (Lipinski definition) is 1. The smallest absolute Gasteiger partial charge is 0.243 e. The molecule has 1 aliphatic heterocycles. The van der Waals surface area contributed by atoms with Crippen LogP contribution >= 0.6 is 11.6 Å². The first-order chi connectivity index (χ1) is 14.7. The van der Waals surface area contributed by atoms with Crippen LogP contribution in [-0.4, -0.2) is 63.4 Å². The maximum Gasteiger partial charge on any atom is 0.243 e. The summed E-state index contributed by atoms with van der Waals surface area (Å²) in [6.07, 6.45) is 0.580. The summed E-state index contributed by atoms with van der Waals surface area (Å²) in [5.74, 6) is -0.245. The highest BCUT2D eigenvalue weighted by molar-refractivity contribution is 7.89. The molecule has 1 fully saturated rings. The fraction of sp³-hybridized carbons (Fsp3) is 0.381. The van der Waals surface area contributed by atoms with Gasteiger partial charge in [-0.25, -0.2) is 12.8 Å². The van der Waals surface area contributed by atoms with Gasteiger partial charge in [0.25, 0.3) is 0 Å². The van der Waals surface area contributed by atoms with Gasteiger partial charge < -0.3 is 10.1 Å². The van der Waals surface area contributed by atoms with E-state index >= 15 is 0 Å². The Morgan fingerprint density at radius 1 is 1.16 bits per heavy atom. The van der Waals surface area contributed by atoms with Crippen LogP contribution < -0.4 is 10.1 Å². The Kier molecular flexibility index (Phi) is 7.53. The lowest BCUT2D eigenvalue weighted by Gasteiger charge is -2.21. The van der Waals surface area contributed by atoms with Gasteiger partial charge >= 0.3 is 0 Å². The summed E-state index contributed by atoms with van der Waals surface area (Å²) in [6, 6.07) is 8.20.